The van der Waals surface area contributed by atoms with Gasteiger partial charge >= 0.3 is 5.97 Å². The molecule has 1 aliphatic rings. The quantitative estimate of drug-likeness (QED) is 0.601. The highest BCUT2D eigenvalue weighted by molar-refractivity contribution is 5.90. The van der Waals surface area contributed by atoms with Gasteiger partial charge in [0.15, 0.2) is 0 Å². The fourth-order valence-corrected chi connectivity index (χ4v) is 4.19. The summed E-state index contributed by atoms with van der Waals surface area (Å²) in [5.41, 5.74) is -0.471. The summed E-state index contributed by atoms with van der Waals surface area (Å²) in [6.45, 7) is 9.67. The Morgan fingerprint density at radius 2 is 1.59 bits per heavy atom. The third-order valence-corrected chi connectivity index (χ3v) is 5.60. The number of carboxylic acids is 1. The number of likely N-dealkylation sites (N-methyl/N-ethyl adjacent to an activating group) is 1. The van der Waals surface area contributed by atoms with Crippen LogP contribution < -0.4 is 10.6 Å². The molecule has 0 aromatic heterocycles. The van der Waals surface area contributed by atoms with E-state index in [0.717, 1.165) is 32.1 Å². The van der Waals surface area contributed by atoms with E-state index in [1.165, 1.54) is 0 Å². The summed E-state index contributed by atoms with van der Waals surface area (Å²) in [4.78, 5) is 37.6. The van der Waals surface area contributed by atoms with Gasteiger partial charge in [0.1, 0.15) is 6.04 Å². The molecule has 0 aliphatic heterocycles. The molecule has 1 fully saturated rings. The lowest BCUT2D eigenvalue weighted by atomic mass is 9.71. The van der Waals surface area contributed by atoms with Gasteiger partial charge in [-0.2, -0.15) is 0 Å². The standard InChI is InChI=1S/C21H38N2O4/c1-13(2)12-15(16(20(26)27)14-10-8-7-9-11-14)18(24)23-17(19(25)22-6)21(3,4)5/h13-17H,7-12H2,1-6H3,(H,22,25)(H,23,24)(H,26,27). The van der Waals surface area contributed by atoms with Crippen molar-refractivity contribution in [2.24, 2.45) is 29.1 Å². The minimum atomic E-state index is -0.894. The van der Waals surface area contributed by atoms with Crippen LogP contribution in [0.1, 0.15) is 73.1 Å². The average molecular weight is 383 g/mol. The summed E-state index contributed by atoms with van der Waals surface area (Å²) >= 11 is 0. The topological polar surface area (TPSA) is 95.5 Å². The summed E-state index contributed by atoms with van der Waals surface area (Å²) in [6.07, 6.45) is 5.39. The Hall–Kier alpha value is -1.59. The molecule has 2 amide bonds. The number of carbonyl (C=O) groups is 3. The number of carbonyl (C=O) groups excluding carboxylic acids is 2. The molecule has 1 aliphatic carbocycles. The summed E-state index contributed by atoms with van der Waals surface area (Å²) < 4.78 is 0. The Morgan fingerprint density at radius 1 is 1.04 bits per heavy atom. The average Bonchev–Trinajstić information content (AvgIpc) is 2.57. The summed E-state index contributed by atoms with van der Waals surface area (Å²) in [5.74, 6) is -2.57. The lowest BCUT2D eigenvalue weighted by Gasteiger charge is -2.36. The van der Waals surface area contributed by atoms with Crippen LogP contribution in [0.25, 0.3) is 0 Å². The van der Waals surface area contributed by atoms with E-state index in [-0.39, 0.29) is 23.7 Å². The second-order valence-electron chi connectivity index (χ2n) is 9.42. The van der Waals surface area contributed by atoms with Crippen LogP contribution in [-0.2, 0) is 14.4 Å². The fraction of sp³-hybridized carbons (Fsp3) is 0.857. The monoisotopic (exact) mass is 382 g/mol. The summed E-state index contributed by atoms with van der Waals surface area (Å²) in [7, 11) is 1.54. The first-order chi connectivity index (χ1) is 12.5. The Balaban J connectivity index is 3.12. The molecule has 0 radical (unpaired) electrons. The zero-order chi connectivity index (χ0) is 20.8. The summed E-state index contributed by atoms with van der Waals surface area (Å²) in [6, 6.07) is -0.703. The highest BCUT2D eigenvalue weighted by Gasteiger charge is 2.42. The first kappa shape index (κ1) is 23.4. The highest BCUT2D eigenvalue weighted by atomic mass is 16.4. The maximum atomic E-state index is 13.2. The van der Waals surface area contributed by atoms with E-state index in [9.17, 15) is 19.5 Å². The van der Waals surface area contributed by atoms with Crippen LogP contribution in [0.5, 0.6) is 0 Å². The molecule has 3 unspecified atom stereocenters. The maximum absolute atomic E-state index is 13.2. The number of hydrogen-bond acceptors (Lipinski definition) is 3. The van der Waals surface area contributed by atoms with Crippen molar-refractivity contribution in [2.75, 3.05) is 7.05 Å². The molecule has 6 nitrogen and oxygen atoms in total. The van der Waals surface area contributed by atoms with Gasteiger partial charge in [-0.05, 0) is 36.5 Å². The lowest BCUT2D eigenvalue weighted by Crippen LogP contribution is -2.55. The molecule has 0 heterocycles. The molecule has 6 heteroatoms. The Labute approximate surface area is 163 Å². The molecule has 0 spiro atoms. The SMILES string of the molecule is CNC(=O)C(NC(=O)C(CC(C)C)C(C(=O)O)C1CCCCC1)C(C)(C)C. The first-order valence-corrected chi connectivity index (χ1v) is 10.2. The van der Waals surface area contributed by atoms with Gasteiger partial charge < -0.3 is 15.7 Å². The van der Waals surface area contributed by atoms with Crippen molar-refractivity contribution in [3.8, 4) is 0 Å². The highest BCUT2D eigenvalue weighted by Crippen LogP contribution is 2.37. The van der Waals surface area contributed by atoms with Crippen LogP contribution in [0.2, 0.25) is 0 Å². The van der Waals surface area contributed by atoms with Crippen LogP contribution in [0.15, 0.2) is 0 Å². The van der Waals surface area contributed by atoms with Gasteiger partial charge in [-0.15, -0.1) is 0 Å². The van der Waals surface area contributed by atoms with Gasteiger partial charge in [0, 0.05) is 7.05 Å². The van der Waals surface area contributed by atoms with Gasteiger partial charge in [0.05, 0.1) is 11.8 Å². The molecular weight excluding hydrogens is 344 g/mol. The van der Waals surface area contributed by atoms with Crippen molar-refractivity contribution in [3.63, 3.8) is 0 Å². The van der Waals surface area contributed by atoms with Crippen LogP contribution in [-0.4, -0.2) is 36.0 Å². The van der Waals surface area contributed by atoms with Crippen LogP contribution >= 0.6 is 0 Å². The molecule has 0 saturated heterocycles. The third kappa shape index (κ3) is 6.82. The van der Waals surface area contributed by atoms with Crippen LogP contribution in [0, 0.1) is 29.1 Å². The van der Waals surface area contributed by atoms with Gasteiger partial charge in [-0.1, -0.05) is 53.9 Å². The van der Waals surface area contributed by atoms with Gasteiger partial charge in [-0.25, -0.2) is 0 Å². The van der Waals surface area contributed by atoms with E-state index in [1.54, 1.807) is 7.05 Å². The van der Waals surface area contributed by atoms with E-state index in [1.807, 2.05) is 34.6 Å². The number of nitrogens with one attached hydrogen (secondary N) is 2. The minimum Gasteiger partial charge on any atom is -0.481 e. The zero-order valence-corrected chi connectivity index (χ0v) is 17.8. The van der Waals surface area contributed by atoms with E-state index < -0.39 is 29.3 Å². The molecule has 3 N–H and O–H groups in total. The molecule has 156 valence electrons. The number of hydrogen-bond donors (Lipinski definition) is 3. The molecule has 1 saturated carbocycles. The molecule has 0 bridgehead atoms. The largest absolute Gasteiger partial charge is 0.481 e. The van der Waals surface area contributed by atoms with E-state index in [2.05, 4.69) is 10.6 Å². The smallest absolute Gasteiger partial charge is 0.307 e. The third-order valence-electron chi connectivity index (χ3n) is 5.60. The number of aliphatic carboxylic acids is 1. The van der Waals surface area contributed by atoms with Crippen molar-refractivity contribution < 1.29 is 19.5 Å². The first-order valence-electron chi connectivity index (χ1n) is 10.2. The molecule has 3 atom stereocenters. The second kappa shape index (κ2) is 10.1. The Bertz CT molecular complexity index is 519. The van der Waals surface area contributed by atoms with Crippen molar-refractivity contribution in [1.82, 2.24) is 10.6 Å². The number of rotatable bonds is 8. The molecule has 27 heavy (non-hydrogen) atoms. The molecule has 1 rings (SSSR count). The molecule has 0 aromatic rings. The van der Waals surface area contributed by atoms with Crippen LogP contribution in [0.4, 0.5) is 0 Å². The zero-order valence-electron chi connectivity index (χ0n) is 17.8. The van der Waals surface area contributed by atoms with Crippen molar-refractivity contribution in [2.45, 2.75) is 79.2 Å². The maximum Gasteiger partial charge on any atom is 0.307 e. The second-order valence-corrected chi connectivity index (χ2v) is 9.42. The van der Waals surface area contributed by atoms with Gasteiger partial charge in [0.2, 0.25) is 11.8 Å². The normalized spacial score (nSPS) is 19.2. The van der Waals surface area contributed by atoms with Gasteiger partial charge in [-0.3, -0.25) is 14.4 Å². The predicted octanol–water partition coefficient (Wildman–Crippen LogP) is 3.21. The van der Waals surface area contributed by atoms with Gasteiger partial charge in [0.25, 0.3) is 0 Å². The Kier molecular flexibility index (Phi) is 8.76. The molecular formula is C21H38N2O4. The minimum absolute atomic E-state index is 0.0267. The van der Waals surface area contributed by atoms with Crippen molar-refractivity contribution in [1.29, 1.82) is 0 Å². The number of carboxylic acid groups (broad SMARTS) is 1. The van der Waals surface area contributed by atoms with Crippen molar-refractivity contribution in [3.05, 3.63) is 0 Å². The van der Waals surface area contributed by atoms with E-state index in [0.29, 0.717) is 6.42 Å². The predicted molar refractivity (Wildman–Crippen MR) is 106 cm³/mol. The fourth-order valence-electron chi connectivity index (χ4n) is 4.19. The Morgan fingerprint density at radius 3 is 2.00 bits per heavy atom. The summed E-state index contributed by atoms with van der Waals surface area (Å²) in [5, 5.41) is 15.4. The van der Waals surface area contributed by atoms with Crippen LogP contribution in [0.3, 0.4) is 0 Å². The molecule has 0 aromatic carbocycles. The van der Waals surface area contributed by atoms with E-state index in [4.69, 9.17) is 0 Å². The van der Waals surface area contributed by atoms with E-state index >= 15 is 0 Å². The van der Waals surface area contributed by atoms with Crippen molar-refractivity contribution >= 4 is 17.8 Å². The number of amides is 2. The lowest BCUT2D eigenvalue weighted by molar-refractivity contribution is -0.151.